The molecule has 0 radical (unpaired) electrons. The lowest BCUT2D eigenvalue weighted by Crippen LogP contribution is -2.00. The third-order valence-electron chi connectivity index (χ3n) is 3.76. The molecule has 0 unspecified atom stereocenters. The second-order valence-corrected chi connectivity index (χ2v) is 6.25. The number of carbonyl (C=O) groups excluding carboxylic acids is 1. The third-order valence-corrected chi connectivity index (χ3v) is 4.39. The summed E-state index contributed by atoms with van der Waals surface area (Å²) in [7, 11) is 1.51. The minimum atomic E-state index is 0.161. The molecule has 0 fully saturated rings. The van der Waals surface area contributed by atoms with Crippen LogP contribution in [0.15, 0.2) is 40.8 Å². The number of hydrogen-bond donors (Lipinski definition) is 0. The van der Waals surface area contributed by atoms with Crippen molar-refractivity contribution < 1.29 is 18.7 Å². The van der Waals surface area contributed by atoms with Crippen LogP contribution in [-0.4, -0.2) is 18.4 Å². The number of carbonyl (C=O) groups is 1. The Morgan fingerprint density at radius 2 is 1.88 bits per heavy atom. The van der Waals surface area contributed by atoms with Crippen LogP contribution in [0.1, 0.15) is 21.8 Å². The molecular weight excluding hydrogens is 377 g/mol. The van der Waals surface area contributed by atoms with Crippen molar-refractivity contribution in [3.63, 3.8) is 0 Å². The monoisotopic (exact) mass is 391 g/mol. The Kier molecular flexibility index (Phi) is 5.49. The van der Waals surface area contributed by atoms with E-state index in [1.165, 1.54) is 7.11 Å². The molecule has 7 heteroatoms. The summed E-state index contributed by atoms with van der Waals surface area (Å²) < 4.78 is 16.7. The van der Waals surface area contributed by atoms with Gasteiger partial charge >= 0.3 is 0 Å². The van der Waals surface area contributed by atoms with E-state index < -0.39 is 0 Å². The van der Waals surface area contributed by atoms with Gasteiger partial charge in [-0.3, -0.25) is 4.79 Å². The van der Waals surface area contributed by atoms with Crippen LogP contribution >= 0.6 is 23.2 Å². The van der Waals surface area contributed by atoms with E-state index in [2.05, 4.69) is 4.98 Å². The molecule has 0 aliphatic rings. The summed E-state index contributed by atoms with van der Waals surface area (Å²) in [4.78, 5) is 15.3. The van der Waals surface area contributed by atoms with Crippen LogP contribution in [0.2, 0.25) is 10.0 Å². The molecule has 26 heavy (non-hydrogen) atoms. The number of rotatable bonds is 6. The summed E-state index contributed by atoms with van der Waals surface area (Å²) in [6.07, 6.45) is 0.744. The molecule has 1 heterocycles. The Balaban J connectivity index is 1.84. The molecule has 0 saturated heterocycles. The molecule has 3 aromatic rings. The van der Waals surface area contributed by atoms with Gasteiger partial charge in [-0.05, 0) is 37.3 Å². The van der Waals surface area contributed by atoms with Gasteiger partial charge in [-0.2, -0.15) is 0 Å². The molecular formula is C19H15Cl2NO4. The van der Waals surface area contributed by atoms with Crippen molar-refractivity contribution in [2.75, 3.05) is 7.11 Å². The Hall–Kier alpha value is -2.50. The van der Waals surface area contributed by atoms with Gasteiger partial charge in [-0.1, -0.05) is 29.3 Å². The lowest BCUT2D eigenvalue weighted by Gasteiger charge is -2.10. The number of hydrogen-bond acceptors (Lipinski definition) is 5. The van der Waals surface area contributed by atoms with Crippen LogP contribution in [0.3, 0.4) is 0 Å². The summed E-state index contributed by atoms with van der Waals surface area (Å²) in [6, 6.07) is 10.1. The topological polar surface area (TPSA) is 61.6 Å². The summed E-state index contributed by atoms with van der Waals surface area (Å²) >= 11 is 12.4. The molecule has 2 aromatic carbocycles. The van der Waals surface area contributed by atoms with Crippen molar-refractivity contribution in [1.29, 1.82) is 0 Å². The van der Waals surface area contributed by atoms with Crippen molar-refractivity contribution in [1.82, 2.24) is 4.98 Å². The second kappa shape index (κ2) is 7.81. The van der Waals surface area contributed by atoms with Crippen molar-refractivity contribution in [2.24, 2.45) is 0 Å². The molecule has 0 amide bonds. The van der Waals surface area contributed by atoms with E-state index in [4.69, 9.17) is 37.1 Å². The van der Waals surface area contributed by atoms with Crippen molar-refractivity contribution in [3.05, 3.63) is 63.5 Å². The van der Waals surface area contributed by atoms with Gasteiger partial charge in [0.2, 0.25) is 5.89 Å². The zero-order chi connectivity index (χ0) is 18.7. The first-order valence-electron chi connectivity index (χ1n) is 7.70. The van der Waals surface area contributed by atoms with Crippen molar-refractivity contribution in [2.45, 2.75) is 13.5 Å². The quantitative estimate of drug-likeness (QED) is 0.529. The maximum absolute atomic E-state index is 10.9. The van der Waals surface area contributed by atoms with Crippen LogP contribution in [0.4, 0.5) is 0 Å². The number of ether oxygens (including phenoxy) is 2. The summed E-state index contributed by atoms with van der Waals surface area (Å²) in [5.41, 5.74) is 1.65. The predicted molar refractivity (Wildman–Crippen MR) is 99.4 cm³/mol. The van der Waals surface area contributed by atoms with Crippen LogP contribution in [0.5, 0.6) is 11.5 Å². The third kappa shape index (κ3) is 3.69. The molecule has 0 N–H and O–H groups in total. The van der Waals surface area contributed by atoms with Gasteiger partial charge in [-0.15, -0.1) is 0 Å². The number of aromatic nitrogens is 1. The van der Waals surface area contributed by atoms with E-state index in [9.17, 15) is 4.79 Å². The SMILES string of the molecule is COc1cc(C=O)ccc1OCc1nc(-c2c(Cl)cccc2Cl)oc1C. The molecule has 0 saturated carbocycles. The molecule has 3 rings (SSSR count). The summed E-state index contributed by atoms with van der Waals surface area (Å²) in [5.74, 6) is 1.89. The minimum absolute atomic E-state index is 0.161. The van der Waals surface area contributed by atoms with Crippen molar-refractivity contribution >= 4 is 29.5 Å². The van der Waals surface area contributed by atoms with E-state index in [0.29, 0.717) is 50.0 Å². The fourth-order valence-corrected chi connectivity index (χ4v) is 2.95. The smallest absolute Gasteiger partial charge is 0.229 e. The lowest BCUT2D eigenvalue weighted by atomic mass is 10.2. The number of halogens is 2. The average Bonchev–Trinajstić information content (AvgIpc) is 3.00. The maximum atomic E-state index is 10.9. The van der Waals surface area contributed by atoms with Crippen molar-refractivity contribution in [3.8, 4) is 23.0 Å². The first-order chi connectivity index (χ1) is 12.5. The van der Waals surface area contributed by atoms with Gasteiger partial charge in [0.25, 0.3) is 0 Å². The van der Waals surface area contributed by atoms with Crippen LogP contribution in [0.25, 0.3) is 11.5 Å². The van der Waals surface area contributed by atoms with Gasteiger partial charge < -0.3 is 13.9 Å². The predicted octanol–water partition coefficient (Wildman–Crippen LogP) is 5.36. The molecule has 134 valence electrons. The van der Waals surface area contributed by atoms with Gasteiger partial charge in [0.05, 0.1) is 22.7 Å². The normalized spacial score (nSPS) is 10.6. The Morgan fingerprint density at radius 3 is 2.54 bits per heavy atom. The lowest BCUT2D eigenvalue weighted by molar-refractivity contribution is 0.112. The first-order valence-corrected chi connectivity index (χ1v) is 8.45. The van der Waals surface area contributed by atoms with E-state index in [1.54, 1.807) is 43.3 Å². The fourth-order valence-electron chi connectivity index (χ4n) is 2.39. The van der Waals surface area contributed by atoms with Crippen LogP contribution in [0, 0.1) is 6.92 Å². The molecule has 1 aromatic heterocycles. The largest absolute Gasteiger partial charge is 0.493 e. The van der Waals surface area contributed by atoms with E-state index >= 15 is 0 Å². The molecule has 0 aliphatic heterocycles. The number of oxazole rings is 1. The summed E-state index contributed by atoms with van der Waals surface area (Å²) in [5, 5.41) is 0.912. The number of benzene rings is 2. The Labute approximate surface area is 160 Å². The number of nitrogens with zero attached hydrogens (tertiary/aromatic N) is 1. The highest BCUT2D eigenvalue weighted by Gasteiger charge is 2.18. The van der Waals surface area contributed by atoms with Gasteiger partial charge in [0.1, 0.15) is 24.3 Å². The van der Waals surface area contributed by atoms with Crippen LogP contribution < -0.4 is 9.47 Å². The molecule has 0 bridgehead atoms. The molecule has 0 atom stereocenters. The standard InChI is InChI=1S/C19H15Cl2NO4/c1-11-15(10-25-16-7-6-12(9-23)8-17(16)24-2)22-19(26-11)18-13(20)4-3-5-14(18)21/h3-9H,10H2,1-2H3. The van der Waals surface area contributed by atoms with Crippen LogP contribution in [-0.2, 0) is 6.61 Å². The van der Waals surface area contributed by atoms with Gasteiger partial charge in [0, 0.05) is 5.56 Å². The summed E-state index contributed by atoms with van der Waals surface area (Å²) in [6.45, 7) is 1.95. The number of methoxy groups -OCH3 is 1. The van der Waals surface area contributed by atoms with Gasteiger partial charge in [0.15, 0.2) is 11.5 Å². The average molecular weight is 392 g/mol. The highest BCUT2D eigenvalue weighted by atomic mass is 35.5. The highest BCUT2D eigenvalue weighted by molar-refractivity contribution is 6.38. The zero-order valence-corrected chi connectivity index (χ0v) is 15.6. The number of aryl methyl sites for hydroxylation is 1. The van der Waals surface area contributed by atoms with E-state index in [-0.39, 0.29) is 6.61 Å². The zero-order valence-electron chi connectivity index (χ0n) is 14.1. The van der Waals surface area contributed by atoms with Gasteiger partial charge in [-0.25, -0.2) is 4.98 Å². The van der Waals surface area contributed by atoms with E-state index in [1.807, 2.05) is 0 Å². The highest BCUT2D eigenvalue weighted by Crippen LogP contribution is 2.35. The molecule has 0 aliphatic carbocycles. The molecule has 0 spiro atoms. The Morgan fingerprint density at radius 1 is 1.15 bits per heavy atom. The second-order valence-electron chi connectivity index (χ2n) is 5.44. The minimum Gasteiger partial charge on any atom is -0.493 e. The number of aldehydes is 1. The first kappa shape index (κ1) is 18.3. The fraction of sp³-hybridized carbons (Fsp3) is 0.158. The Bertz CT molecular complexity index is 932. The molecule has 5 nitrogen and oxygen atoms in total. The maximum Gasteiger partial charge on any atom is 0.229 e. The van der Waals surface area contributed by atoms with E-state index in [0.717, 1.165) is 6.29 Å².